The van der Waals surface area contributed by atoms with Crippen molar-refractivity contribution in [3.05, 3.63) is 53.6 Å². The third kappa shape index (κ3) is 5.35. The number of nitrogens with one attached hydrogen (secondary N) is 2. The summed E-state index contributed by atoms with van der Waals surface area (Å²) in [6.07, 6.45) is 0. The third-order valence-corrected chi connectivity index (χ3v) is 5.14. The first-order chi connectivity index (χ1) is 11.5. The molecule has 3 aromatic rings. The van der Waals surface area contributed by atoms with Gasteiger partial charge in [-0.1, -0.05) is 59.9 Å². The van der Waals surface area contributed by atoms with E-state index in [1.165, 1.54) is 23.5 Å². The summed E-state index contributed by atoms with van der Waals surface area (Å²) in [6.45, 7) is 0. The lowest BCUT2D eigenvalue weighted by Gasteiger charge is -2.10. The van der Waals surface area contributed by atoms with E-state index in [9.17, 15) is 0 Å². The van der Waals surface area contributed by atoms with Crippen molar-refractivity contribution < 1.29 is 0 Å². The van der Waals surface area contributed by atoms with Gasteiger partial charge in [0, 0.05) is 22.3 Å². The highest BCUT2D eigenvalue weighted by Crippen LogP contribution is 2.28. The van der Waals surface area contributed by atoms with Crippen molar-refractivity contribution in [1.82, 2.24) is 4.98 Å². The van der Waals surface area contributed by atoms with Gasteiger partial charge in [0.25, 0.3) is 0 Å². The minimum atomic E-state index is 0. The Bertz CT molecular complexity index is 876. The Morgan fingerprint density at radius 3 is 1.62 bits per heavy atom. The Morgan fingerprint density at radius 2 is 1.23 bits per heavy atom. The van der Waals surface area contributed by atoms with E-state index in [0.717, 1.165) is 32.9 Å². The number of hydrogen-bond acceptors (Lipinski definition) is 5. The molecule has 0 bridgehead atoms. The molecule has 5 nitrogen and oxygen atoms in total. The molecule has 0 saturated carbocycles. The first kappa shape index (κ1) is 22.8. The zero-order valence-corrected chi connectivity index (χ0v) is 18.7. The zero-order chi connectivity index (χ0) is 17.1. The maximum atomic E-state index is 7.40. The summed E-state index contributed by atoms with van der Waals surface area (Å²) in [6, 6.07) is 14.2. The molecule has 0 saturated heterocycles. The average Bonchev–Trinajstić information content (AvgIpc) is 2.56. The van der Waals surface area contributed by atoms with Gasteiger partial charge in [-0.2, -0.15) is 0 Å². The molecule has 0 spiro atoms. The molecule has 0 unspecified atom stereocenters. The van der Waals surface area contributed by atoms with Crippen LogP contribution >= 0.6 is 57.5 Å². The molecule has 6 N–H and O–H groups in total. The molecule has 0 atom stereocenters. The van der Waals surface area contributed by atoms with Crippen molar-refractivity contribution in [2.75, 3.05) is 0 Å². The Morgan fingerprint density at radius 1 is 0.808 bits per heavy atom. The molecule has 0 fully saturated rings. The molecule has 9 heteroatoms. The van der Waals surface area contributed by atoms with Crippen LogP contribution in [0.2, 0.25) is 0 Å². The first-order valence-corrected chi connectivity index (χ1v) is 9.25. The van der Waals surface area contributed by atoms with Gasteiger partial charge in [0.15, 0.2) is 10.3 Å². The molecule has 2 aromatic carbocycles. The summed E-state index contributed by atoms with van der Waals surface area (Å²) in [4.78, 5) is 4.88. The van der Waals surface area contributed by atoms with Gasteiger partial charge in [-0.05, 0) is 17.2 Å². The molecule has 0 radical (unpaired) electrons. The summed E-state index contributed by atoms with van der Waals surface area (Å²) in [5.74, 6) is 1.24. The Labute approximate surface area is 181 Å². The highest BCUT2D eigenvalue weighted by molar-refractivity contribution is 8.93. The second-order valence-corrected chi connectivity index (χ2v) is 7.31. The van der Waals surface area contributed by atoms with Crippen LogP contribution in [-0.4, -0.2) is 15.3 Å². The number of nitrogens with zero attached hydrogens (tertiary/aromatic N) is 1. The maximum Gasteiger partial charge on any atom is 0.151 e. The highest BCUT2D eigenvalue weighted by atomic mass is 79.9. The zero-order valence-electron chi connectivity index (χ0n) is 13.7. The van der Waals surface area contributed by atoms with E-state index in [1.807, 2.05) is 36.4 Å². The van der Waals surface area contributed by atoms with E-state index in [-0.39, 0.29) is 44.3 Å². The van der Waals surface area contributed by atoms with Gasteiger partial charge in [0.1, 0.15) is 0 Å². The minimum Gasteiger partial charge on any atom is -0.379 e. The van der Waals surface area contributed by atoms with Gasteiger partial charge < -0.3 is 11.5 Å². The van der Waals surface area contributed by atoms with E-state index in [2.05, 4.69) is 6.07 Å². The third-order valence-electron chi connectivity index (χ3n) is 3.60. The summed E-state index contributed by atoms with van der Waals surface area (Å²) < 4.78 is 0. The van der Waals surface area contributed by atoms with Crippen molar-refractivity contribution >= 4 is 89.6 Å². The number of rotatable bonds is 4. The van der Waals surface area contributed by atoms with Gasteiger partial charge in [0.2, 0.25) is 0 Å². The van der Waals surface area contributed by atoms with E-state index in [1.54, 1.807) is 0 Å². The van der Waals surface area contributed by atoms with Crippen LogP contribution in [0, 0.1) is 10.8 Å². The van der Waals surface area contributed by atoms with E-state index in [0.29, 0.717) is 11.5 Å². The number of benzene rings is 2. The van der Waals surface area contributed by atoms with Crippen LogP contribution in [-0.2, 0) is 11.5 Å². The Balaban J connectivity index is 0.00000169. The smallest absolute Gasteiger partial charge is 0.151 e. The van der Waals surface area contributed by atoms with Gasteiger partial charge in [0.05, 0.1) is 11.0 Å². The van der Waals surface area contributed by atoms with Crippen molar-refractivity contribution in [1.29, 1.82) is 10.8 Å². The van der Waals surface area contributed by atoms with Crippen molar-refractivity contribution in [2.45, 2.75) is 11.5 Å². The largest absolute Gasteiger partial charge is 0.379 e. The average molecular weight is 517 g/mol. The number of nitrogens with two attached hydrogens (primary N) is 2. The van der Waals surface area contributed by atoms with Gasteiger partial charge in [-0.15, -0.1) is 34.0 Å². The van der Waals surface area contributed by atoms with Gasteiger partial charge >= 0.3 is 0 Å². The highest BCUT2D eigenvalue weighted by Gasteiger charge is 2.09. The molecule has 0 aliphatic carbocycles. The molecule has 1 heterocycles. The predicted molar refractivity (Wildman–Crippen MR) is 126 cm³/mol. The summed E-state index contributed by atoms with van der Waals surface area (Å²) in [7, 11) is 0. The van der Waals surface area contributed by atoms with Crippen molar-refractivity contribution in [3.8, 4) is 0 Å². The number of pyridine rings is 1. The molecular weight excluding hydrogens is 498 g/mol. The molecule has 3 rings (SSSR count). The minimum absolute atomic E-state index is 0. The van der Waals surface area contributed by atoms with Crippen LogP contribution in [0.25, 0.3) is 21.8 Å². The number of amidine groups is 2. The summed E-state index contributed by atoms with van der Waals surface area (Å²) in [5, 5.41) is 17.1. The lowest BCUT2D eigenvalue weighted by molar-refractivity contribution is 1.36. The lowest BCUT2D eigenvalue weighted by atomic mass is 10.1. The molecule has 0 amide bonds. The van der Waals surface area contributed by atoms with Gasteiger partial charge in [-0.3, -0.25) is 10.8 Å². The van der Waals surface area contributed by atoms with Crippen LogP contribution in [0.15, 0.2) is 42.5 Å². The normalized spacial score (nSPS) is 10.2. The number of fused-ring (bicyclic) bond motifs is 2. The number of thioether (sulfide) groups is 2. The monoisotopic (exact) mass is 515 g/mol. The fourth-order valence-electron chi connectivity index (χ4n) is 2.55. The molecule has 0 aliphatic heterocycles. The van der Waals surface area contributed by atoms with Crippen molar-refractivity contribution in [3.63, 3.8) is 0 Å². The molecular formula is C17H19Br2N5S2. The van der Waals surface area contributed by atoms with Gasteiger partial charge in [-0.25, -0.2) is 4.98 Å². The fraction of sp³-hybridized carbons (Fsp3) is 0.118. The van der Waals surface area contributed by atoms with E-state index in [4.69, 9.17) is 27.3 Å². The molecule has 138 valence electrons. The molecule has 0 aliphatic rings. The second-order valence-electron chi connectivity index (χ2n) is 5.27. The lowest BCUT2D eigenvalue weighted by Crippen LogP contribution is -2.04. The maximum absolute atomic E-state index is 7.40. The topological polar surface area (TPSA) is 113 Å². The summed E-state index contributed by atoms with van der Waals surface area (Å²) >= 11 is 2.59. The number of aromatic nitrogens is 1. The molecule has 26 heavy (non-hydrogen) atoms. The van der Waals surface area contributed by atoms with Crippen LogP contribution in [0.3, 0.4) is 0 Å². The standard InChI is InChI=1S/C17H17N5S2.2BrH/c18-16(19)23-8-12-5-1-3-10-7-11-4-2-6-13(9-24-17(20)21)15(11)22-14(10)12;;/h1-7H,8-9H2,(H3,18,19)(H3,20,21);2*1H. The molecule has 1 aromatic heterocycles. The van der Waals surface area contributed by atoms with Crippen LogP contribution in [0.1, 0.15) is 11.1 Å². The Hall–Kier alpha value is -1.29. The van der Waals surface area contributed by atoms with Crippen LogP contribution in [0.4, 0.5) is 0 Å². The first-order valence-electron chi connectivity index (χ1n) is 7.28. The predicted octanol–water partition coefficient (Wildman–Crippen LogP) is 4.80. The van der Waals surface area contributed by atoms with Crippen molar-refractivity contribution in [2.24, 2.45) is 11.5 Å². The summed E-state index contributed by atoms with van der Waals surface area (Å²) in [5.41, 5.74) is 14.9. The van der Waals surface area contributed by atoms with E-state index >= 15 is 0 Å². The second kappa shape index (κ2) is 10.1. The fourth-order valence-corrected chi connectivity index (χ4v) is 3.64. The quantitative estimate of drug-likeness (QED) is 0.226. The number of hydrogen-bond donors (Lipinski definition) is 4. The Kier molecular flexibility index (Phi) is 8.88. The number of halogens is 2. The van der Waals surface area contributed by atoms with Crippen LogP contribution in [0.5, 0.6) is 0 Å². The van der Waals surface area contributed by atoms with Crippen LogP contribution < -0.4 is 11.5 Å². The van der Waals surface area contributed by atoms with E-state index < -0.39 is 0 Å². The number of para-hydroxylation sites is 2. The SMILES string of the molecule is Br.Br.N=C(N)SCc1cccc2cc3cccc(CSC(=N)N)c3nc12.